The molecule has 0 saturated carbocycles. The Morgan fingerprint density at radius 1 is 0.740 bits per heavy atom. The maximum atomic E-state index is 13.3. The highest BCUT2D eigenvalue weighted by Crippen LogP contribution is 2.37. The molecule has 1 aliphatic rings. The summed E-state index contributed by atoms with van der Waals surface area (Å²) >= 11 is 0. The van der Waals surface area contributed by atoms with Gasteiger partial charge >= 0.3 is 6.18 Å². The topological polar surface area (TPSA) is 139 Å². The molecule has 11 nitrogen and oxygen atoms in total. The van der Waals surface area contributed by atoms with Crippen LogP contribution in [0.2, 0.25) is 0 Å². The molecule has 16 heteroatoms. The van der Waals surface area contributed by atoms with Crippen molar-refractivity contribution in [3.8, 4) is 39.9 Å². The van der Waals surface area contributed by atoms with E-state index in [1.54, 1.807) is 29.1 Å². The molecule has 258 valence electrons. The molecule has 50 heavy (non-hydrogen) atoms. The molecular weight excluding hydrogens is 694 g/mol. The Kier molecular flexibility index (Phi) is 9.09. The molecular formula is C34H29F3N6O5S2. The second-order valence-corrected chi connectivity index (χ2v) is 15.6. The molecule has 0 amide bonds. The smallest absolute Gasteiger partial charge is 0.435 e. The first kappa shape index (κ1) is 34.5. The van der Waals surface area contributed by atoms with Crippen LogP contribution in [-0.4, -0.2) is 65.0 Å². The molecule has 0 fully saturated rings. The molecule has 0 spiro atoms. The molecule has 4 aromatic heterocycles. The zero-order valence-electron chi connectivity index (χ0n) is 26.8. The van der Waals surface area contributed by atoms with Crippen LogP contribution < -0.4 is 4.74 Å². The van der Waals surface area contributed by atoms with Gasteiger partial charge in [-0.15, -0.1) is 0 Å². The van der Waals surface area contributed by atoms with Crippen LogP contribution in [0.5, 0.6) is 5.75 Å². The molecule has 5 heterocycles. The van der Waals surface area contributed by atoms with Gasteiger partial charge in [0.1, 0.15) is 11.9 Å². The lowest BCUT2D eigenvalue weighted by atomic mass is 10.1. The summed E-state index contributed by atoms with van der Waals surface area (Å²) in [6.45, 7) is 1.92. The van der Waals surface area contributed by atoms with Crippen LogP contribution in [0.1, 0.15) is 18.2 Å². The first-order valence-electron chi connectivity index (χ1n) is 15.0. The van der Waals surface area contributed by atoms with Gasteiger partial charge in [0.15, 0.2) is 37.0 Å². The number of alkyl halides is 3. The van der Waals surface area contributed by atoms with Gasteiger partial charge in [-0.2, -0.15) is 23.4 Å². The lowest BCUT2D eigenvalue weighted by Gasteiger charge is -2.09. The molecule has 0 radical (unpaired) electrons. The minimum absolute atomic E-state index is 0.00102. The number of ether oxygens (including phenoxy) is 1. The fraction of sp³-hybridized carbons (Fsp3) is 0.176. The average molecular weight is 723 g/mol. The zero-order valence-corrected chi connectivity index (χ0v) is 28.4. The Labute approximate surface area is 285 Å². The maximum absolute atomic E-state index is 13.3. The van der Waals surface area contributed by atoms with E-state index in [2.05, 4.69) is 20.2 Å². The Morgan fingerprint density at radius 3 is 1.92 bits per heavy atom. The number of benzene rings is 2. The molecule has 1 atom stereocenters. The highest BCUT2D eigenvalue weighted by Gasteiger charge is 2.35. The average Bonchev–Trinajstić information content (AvgIpc) is 3.82. The van der Waals surface area contributed by atoms with E-state index in [0.29, 0.717) is 17.1 Å². The summed E-state index contributed by atoms with van der Waals surface area (Å²) < 4.78 is 94.5. The van der Waals surface area contributed by atoms with E-state index in [1.165, 1.54) is 24.4 Å². The SMILES string of the molecule is CC1Cc2ccc(-c3cc(C(F)(F)F)nn3-c3ccc(S(C)(=O)=O)cn3)cc2O1.CS(=O)(=O)c1ccc(-n2nccc2-c2ccccc2)nc1. The third-order valence-corrected chi connectivity index (χ3v) is 9.84. The third-order valence-electron chi connectivity index (χ3n) is 7.64. The number of nitrogens with zero attached hydrogens (tertiary/aromatic N) is 6. The molecule has 1 aliphatic heterocycles. The molecule has 1 unspecified atom stereocenters. The number of pyridine rings is 2. The van der Waals surface area contributed by atoms with Gasteiger partial charge in [0.25, 0.3) is 0 Å². The lowest BCUT2D eigenvalue weighted by Crippen LogP contribution is -2.08. The quantitative estimate of drug-likeness (QED) is 0.202. The van der Waals surface area contributed by atoms with Crippen LogP contribution >= 0.6 is 0 Å². The van der Waals surface area contributed by atoms with Crippen molar-refractivity contribution >= 4 is 19.7 Å². The number of rotatable bonds is 6. The Balaban J connectivity index is 0.000000182. The summed E-state index contributed by atoms with van der Waals surface area (Å²) in [7, 11) is -6.73. The lowest BCUT2D eigenvalue weighted by molar-refractivity contribution is -0.141. The summed E-state index contributed by atoms with van der Waals surface area (Å²) in [5, 5.41) is 7.93. The standard InChI is InChI=1S/C19H16F3N3O3S.C15H13N3O2S/c1-11-7-13-4-3-12(8-16(13)28-11)15-9-17(19(20,21)22)24-25(15)18-6-5-14(10-23-18)29(2,26)27;1-21(19,20)13-7-8-15(16-11-13)18-14(9-10-17-18)12-5-3-2-4-6-12/h3-6,8-11H,7H2,1-2H3;2-11H,1H3. The van der Waals surface area contributed by atoms with E-state index >= 15 is 0 Å². The van der Waals surface area contributed by atoms with E-state index in [9.17, 15) is 30.0 Å². The minimum Gasteiger partial charge on any atom is -0.490 e. The fourth-order valence-corrected chi connectivity index (χ4v) is 6.33. The van der Waals surface area contributed by atoms with E-state index in [1.807, 2.05) is 49.4 Å². The summed E-state index contributed by atoms with van der Waals surface area (Å²) in [5.41, 5.74) is 2.48. The van der Waals surface area contributed by atoms with Crippen LogP contribution in [0.4, 0.5) is 13.2 Å². The highest BCUT2D eigenvalue weighted by molar-refractivity contribution is 7.91. The van der Waals surface area contributed by atoms with Crippen molar-refractivity contribution in [2.45, 2.75) is 35.4 Å². The second kappa shape index (κ2) is 13.2. The van der Waals surface area contributed by atoms with Crippen molar-refractivity contribution in [2.24, 2.45) is 0 Å². The minimum atomic E-state index is -4.64. The number of halogens is 3. The molecule has 0 saturated heterocycles. The molecule has 6 aromatic rings. The predicted molar refractivity (Wildman–Crippen MR) is 179 cm³/mol. The van der Waals surface area contributed by atoms with Gasteiger partial charge in [-0.05, 0) is 55.0 Å². The fourth-order valence-electron chi connectivity index (χ4n) is 5.21. The van der Waals surface area contributed by atoms with Crippen LogP contribution in [0.3, 0.4) is 0 Å². The van der Waals surface area contributed by atoms with Crippen molar-refractivity contribution in [1.82, 2.24) is 29.5 Å². The van der Waals surface area contributed by atoms with Gasteiger partial charge in [-0.3, -0.25) is 0 Å². The van der Waals surface area contributed by atoms with Crippen LogP contribution in [0, 0.1) is 0 Å². The Hall–Kier alpha value is -5.35. The largest absolute Gasteiger partial charge is 0.490 e. The summed E-state index contributed by atoms with van der Waals surface area (Å²) in [6, 6.07) is 23.6. The number of aromatic nitrogens is 6. The van der Waals surface area contributed by atoms with Crippen molar-refractivity contribution in [3.05, 3.63) is 115 Å². The third kappa shape index (κ3) is 7.45. The van der Waals surface area contributed by atoms with Gasteiger partial charge in [-0.25, -0.2) is 36.2 Å². The van der Waals surface area contributed by atoms with Crippen LogP contribution in [0.15, 0.2) is 113 Å². The predicted octanol–water partition coefficient (Wildman–Crippen LogP) is 6.02. The van der Waals surface area contributed by atoms with Gasteiger partial charge in [0.05, 0.1) is 27.4 Å². The summed E-state index contributed by atoms with van der Waals surface area (Å²) in [6.07, 6.45) is 2.41. The highest BCUT2D eigenvalue weighted by atomic mass is 32.2. The number of hydrogen-bond donors (Lipinski definition) is 0. The van der Waals surface area contributed by atoms with Crippen molar-refractivity contribution in [2.75, 3.05) is 12.5 Å². The Bertz CT molecular complexity index is 2380. The first-order valence-corrected chi connectivity index (χ1v) is 18.8. The number of hydrogen-bond acceptors (Lipinski definition) is 9. The summed E-state index contributed by atoms with van der Waals surface area (Å²) in [4.78, 5) is 8.36. The summed E-state index contributed by atoms with van der Waals surface area (Å²) in [5.74, 6) is 1.26. The maximum Gasteiger partial charge on any atom is 0.435 e. The second-order valence-electron chi connectivity index (χ2n) is 11.5. The first-order chi connectivity index (χ1) is 23.6. The van der Waals surface area contributed by atoms with Crippen molar-refractivity contribution in [3.63, 3.8) is 0 Å². The van der Waals surface area contributed by atoms with Gasteiger partial charge < -0.3 is 4.74 Å². The molecule has 7 rings (SSSR count). The van der Waals surface area contributed by atoms with E-state index in [-0.39, 0.29) is 27.4 Å². The zero-order chi connectivity index (χ0) is 35.8. The van der Waals surface area contributed by atoms with Crippen LogP contribution in [0.25, 0.3) is 34.2 Å². The van der Waals surface area contributed by atoms with Crippen LogP contribution in [-0.2, 0) is 32.3 Å². The molecule has 0 bridgehead atoms. The number of sulfone groups is 2. The van der Waals surface area contributed by atoms with E-state index < -0.39 is 31.5 Å². The number of fused-ring (bicyclic) bond motifs is 1. The van der Waals surface area contributed by atoms with Gasteiger partial charge in [0, 0.05) is 42.5 Å². The van der Waals surface area contributed by atoms with Gasteiger partial charge in [0.2, 0.25) is 0 Å². The molecule has 2 aromatic carbocycles. The molecule has 0 aliphatic carbocycles. The monoisotopic (exact) mass is 722 g/mol. The van der Waals surface area contributed by atoms with E-state index in [4.69, 9.17) is 4.74 Å². The van der Waals surface area contributed by atoms with Crippen molar-refractivity contribution in [1.29, 1.82) is 0 Å². The molecule has 0 N–H and O–H groups in total. The van der Waals surface area contributed by atoms with Crippen molar-refractivity contribution < 1.29 is 34.7 Å². The Morgan fingerprint density at radius 2 is 1.36 bits per heavy atom. The van der Waals surface area contributed by atoms with E-state index in [0.717, 1.165) is 52.7 Å². The van der Waals surface area contributed by atoms with Gasteiger partial charge in [-0.1, -0.05) is 42.5 Å². The normalized spacial score (nSPS) is 14.4.